The van der Waals surface area contributed by atoms with Gasteiger partial charge in [-0.15, -0.1) is 0 Å². The van der Waals surface area contributed by atoms with E-state index in [1.807, 2.05) is 19.1 Å². The number of nitrogens with zero attached hydrogens (tertiary/aromatic N) is 2. The van der Waals surface area contributed by atoms with Gasteiger partial charge in [0.1, 0.15) is 5.82 Å². The van der Waals surface area contributed by atoms with Crippen LogP contribution in [0.1, 0.15) is 38.3 Å². The monoisotopic (exact) mass is 279 g/mol. The maximum atomic E-state index is 14.4. The molecule has 0 amide bonds. The number of halogens is 1. The van der Waals surface area contributed by atoms with E-state index in [9.17, 15) is 4.39 Å². The zero-order valence-corrected chi connectivity index (χ0v) is 12.8. The minimum absolute atomic E-state index is 0.129. The van der Waals surface area contributed by atoms with E-state index in [4.69, 9.17) is 5.73 Å². The van der Waals surface area contributed by atoms with Crippen molar-refractivity contribution in [3.8, 4) is 0 Å². The number of hydrogen-bond acceptors (Lipinski definition) is 3. The summed E-state index contributed by atoms with van der Waals surface area (Å²) < 4.78 is 14.4. The van der Waals surface area contributed by atoms with Gasteiger partial charge in [-0.05, 0) is 51.1 Å². The zero-order chi connectivity index (χ0) is 14.7. The molecule has 2 atom stereocenters. The summed E-state index contributed by atoms with van der Waals surface area (Å²) in [5.41, 5.74) is 7.39. The highest BCUT2D eigenvalue weighted by Crippen LogP contribution is 2.27. The third-order valence-electron chi connectivity index (χ3n) is 4.18. The van der Waals surface area contributed by atoms with Crippen molar-refractivity contribution >= 4 is 5.69 Å². The molecule has 1 heterocycles. The van der Waals surface area contributed by atoms with Gasteiger partial charge in [0.2, 0.25) is 0 Å². The van der Waals surface area contributed by atoms with Crippen LogP contribution in [0.25, 0.3) is 0 Å². The molecule has 0 aliphatic carbocycles. The lowest BCUT2D eigenvalue weighted by Crippen LogP contribution is -2.40. The molecule has 1 aliphatic heterocycles. The van der Waals surface area contributed by atoms with Crippen molar-refractivity contribution < 1.29 is 4.39 Å². The van der Waals surface area contributed by atoms with Crippen molar-refractivity contribution in [2.75, 3.05) is 31.6 Å². The molecule has 0 aromatic heterocycles. The second-order valence-corrected chi connectivity index (χ2v) is 5.87. The summed E-state index contributed by atoms with van der Waals surface area (Å²) in [6.07, 6.45) is 2.10. The molecule has 2 unspecified atom stereocenters. The largest absolute Gasteiger partial charge is 0.365 e. The maximum Gasteiger partial charge on any atom is 0.146 e. The standard InChI is InChI=1S/C16H26FN3/c1-4-14-11-19(3)8-5-9-20(14)16-7-6-13(12(2)18)10-15(16)17/h6-7,10,12,14H,4-5,8-9,11,18H2,1-3H3. The maximum absolute atomic E-state index is 14.4. The minimum Gasteiger partial charge on any atom is -0.365 e. The summed E-state index contributed by atoms with van der Waals surface area (Å²) in [5, 5.41) is 0. The van der Waals surface area contributed by atoms with Gasteiger partial charge in [-0.1, -0.05) is 13.0 Å². The summed E-state index contributed by atoms with van der Waals surface area (Å²) in [4.78, 5) is 4.56. The molecule has 1 aromatic rings. The van der Waals surface area contributed by atoms with E-state index in [-0.39, 0.29) is 11.9 Å². The van der Waals surface area contributed by atoms with Gasteiger partial charge < -0.3 is 15.5 Å². The Bertz CT molecular complexity index is 447. The van der Waals surface area contributed by atoms with Gasteiger partial charge in [-0.3, -0.25) is 0 Å². The van der Waals surface area contributed by atoms with Crippen molar-refractivity contribution in [2.45, 2.75) is 38.8 Å². The topological polar surface area (TPSA) is 32.5 Å². The minimum atomic E-state index is -0.150. The molecule has 1 fully saturated rings. The Balaban J connectivity index is 2.28. The Morgan fingerprint density at radius 3 is 2.75 bits per heavy atom. The molecule has 1 saturated heterocycles. The van der Waals surface area contributed by atoms with Crippen LogP contribution in [0.4, 0.5) is 10.1 Å². The van der Waals surface area contributed by atoms with E-state index in [0.717, 1.165) is 43.7 Å². The third kappa shape index (κ3) is 3.30. The normalized spacial score (nSPS) is 22.6. The molecule has 2 N–H and O–H groups in total. The molecule has 1 aliphatic rings. The van der Waals surface area contributed by atoms with Gasteiger partial charge in [0.25, 0.3) is 0 Å². The fraction of sp³-hybridized carbons (Fsp3) is 0.625. The molecule has 3 nitrogen and oxygen atoms in total. The van der Waals surface area contributed by atoms with Crippen LogP contribution in [-0.2, 0) is 0 Å². The molecule has 0 spiro atoms. The molecule has 20 heavy (non-hydrogen) atoms. The lowest BCUT2D eigenvalue weighted by Gasteiger charge is -2.32. The molecule has 0 bridgehead atoms. The van der Waals surface area contributed by atoms with Crippen molar-refractivity contribution in [1.82, 2.24) is 4.90 Å². The second kappa shape index (κ2) is 6.55. The molecule has 0 saturated carbocycles. The van der Waals surface area contributed by atoms with Crippen LogP contribution in [0.3, 0.4) is 0 Å². The van der Waals surface area contributed by atoms with E-state index in [1.54, 1.807) is 6.07 Å². The van der Waals surface area contributed by atoms with Gasteiger partial charge in [0.05, 0.1) is 5.69 Å². The van der Waals surface area contributed by atoms with E-state index in [1.165, 1.54) is 0 Å². The summed E-state index contributed by atoms with van der Waals surface area (Å²) >= 11 is 0. The third-order valence-corrected chi connectivity index (χ3v) is 4.18. The van der Waals surface area contributed by atoms with E-state index >= 15 is 0 Å². The fourth-order valence-electron chi connectivity index (χ4n) is 2.95. The SMILES string of the molecule is CCC1CN(C)CCCN1c1ccc(C(C)N)cc1F. The number of likely N-dealkylation sites (N-methyl/N-ethyl adjacent to an activating group) is 1. The Morgan fingerprint density at radius 1 is 1.40 bits per heavy atom. The number of rotatable bonds is 3. The molecule has 112 valence electrons. The first-order chi connectivity index (χ1) is 9.52. The average Bonchev–Trinajstić information content (AvgIpc) is 2.60. The van der Waals surface area contributed by atoms with Crippen LogP contribution in [-0.4, -0.2) is 37.6 Å². The Morgan fingerprint density at radius 2 is 2.15 bits per heavy atom. The molecule has 4 heteroatoms. The molecular weight excluding hydrogens is 253 g/mol. The summed E-state index contributed by atoms with van der Waals surface area (Å²) in [6.45, 7) is 7.03. The quantitative estimate of drug-likeness (QED) is 0.923. The number of hydrogen-bond donors (Lipinski definition) is 1. The van der Waals surface area contributed by atoms with Crippen LogP contribution < -0.4 is 10.6 Å². The van der Waals surface area contributed by atoms with Crippen molar-refractivity contribution in [1.29, 1.82) is 0 Å². The second-order valence-electron chi connectivity index (χ2n) is 5.87. The number of anilines is 1. The summed E-state index contributed by atoms with van der Waals surface area (Å²) in [6, 6.07) is 5.67. The summed E-state index contributed by atoms with van der Waals surface area (Å²) in [7, 11) is 2.14. The van der Waals surface area contributed by atoms with Crippen LogP contribution in [0, 0.1) is 5.82 Å². The van der Waals surface area contributed by atoms with E-state index in [2.05, 4.69) is 23.8 Å². The average molecular weight is 279 g/mol. The van der Waals surface area contributed by atoms with Crippen LogP contribution in [0.2, 0.25) is 0 Å². The highest BCUT2D eigenvalue weighted by atomic mass is 19.1. The summed E-state index contributed by atoms with van der Waals surface area (Å²) in [5.74, 6) is -0.150. The van der Waals surface area contributed by atoms with Gasteiger partial charge in [-0.25, -0.2) is 4.39 Å². The smallest absolute Gasteiger partial charge is 0.146 e. The predicted molar refractivity (Wildman–Crippen MR) is 82.5 cm³/mol. The van der Waals surface area contributed by atoms with Crippen molar-refractivity contribution in [3.05, 3.63) is 29.6 Å². The van der Waals surface area contributed by atoms with E-state index < -0.39 is 0 Å². The number of benzene rings is 1. The zero-order valence-electron chi connectivity index (χ0n) is 12.8. The lowest BCUT2D eigenvalue weighted by molar-refractivity contribution is 0.327. The first kappa shape index (κ1) is 15.3. The molecule has 1 aromatic carbocycles. The van der Waals surface area contributed by atoms with Crippen LogP contribution in [0.15, 0.2) is 18.2 Å². The molecule has 2 rings (SSSR count). The predicted octanol–water partition coefficient (Wildman–Crippen LogP) is 2.77. The van der Waals surface area contributed by atoms with Crippen LogP contribution >= 0.6 is 0 Å². The van der Waals surface area contributed by atoms with Crippen molar-refractivity contribution in [3.63, 3.8) is 0 Å². The highest BCUT2D eigenvalue weighted by Gasteiger charge is 2.24. The van der Waals surface area contributed by atoms with Gasteiger partial charge in [0, 0.05) is 25.2 Å². The molecular formula is C16H26FN3. The fourth-order valence-corrected chi connectivity index (χ4v) is 2.95. The first-order valence-corrected chi connectivity index (χ1v) is 7.53. The number of nitrogens with two attached hydrogens (primary N) is 1. The Labute approximate surface area is 121 Å². The van der Waals surface area contributed by atoms with Gasteiger partial charge >= 0.3 is 0 Å². The Kier molecular flexibility index (Phi) is 5.00. The Hall–Kier alpha value is -1.13. The van der Waals surface area contributed by atoms with Crippen LogP contribution in [0.5, 0.6) is 0 Å². The first-order valence-electron chi connectivity index (χ1n) is 7.53. The van der Waals surface area contributed by atoms with Gasteiger partial charge in [-0.2, -0.15) is 0 Å². The molecule has 0 radical (unpaired) electrons. The van der Waals surface area contributed by atoms with Gasteiger partial charge in [0.15, 0.2) is 0 Å². The van der Waals surface area contributed by atoms with E-state index in [0.29, 0.717) is 6.04 Å². The highest BCUT2D eigenvalue weighted by molar-refractivity contribution is 5.50. The lowest BCUT2D eigenvalue weighted by atomic mass is 10.1. The van der Waals surface area contributed by atoms with Crippen molar-refractivity contribution in [2.24, 2.45) is 5.73 Å².